The fourth-order valence-electron chi connectivity index (χ4n) is 0.532. The molecule has 1 rings (SSSR count). The molecule has 0 heterocycles. The molecule has 0 saturated heterocycles. The Morgan fingerprint density at radius 3 is 2.50 bits per heavy atom. The van der Waals surface area contributed by atoms with Gasteiger partial charge >= 0.3 is 37.7 Å². The summed E-state index contributed by atoms with van der Waals surface area (Å²) in [5.41, 5.74) is 5.68. The first-order valence-corrected chi connectivity index (χ1v) is 2.89. The first kappa shape index (κ1) is 10.6. The van der Waals surface area contributed by atoms with Crippen LogP contribution in [0.25, 0.3) is 0 Å². The average molecular weight is 185 g/mol. The average Bonchev–Trinajstić information content (AvgIpc) is 1.83. The molecule has 0 bridgehead atoms. The molecule has 0 fully saturated rings. The van der Waals surface area contributed by atoms with E-state index in [4.69, 9.17) is 5.73 Å². The van der Waals surface area contributed by atoms with Crippen LogP contribution in [0.15, 0.2) is 23.1 Å². The van der Waals surface area contributed by atoms with E-state index in [-0.39, 0.29) is 51.3 Å². The number of hydrogen-bond acceptors (Lipinski definition) is 2. The smallest absolute Gasteiger partial charge is 1.00 e. The van der Waals surface area contributed by atoms with Crippen LogP contribution in [0.4, 0.5) is 10.1 Å². The molecule has 0 aromatic heterocycles. The van der Waals surface area contributed by atoms with Gasteiger partial charge in [0.2, 0.25) is 0 Å². The predicted octanol–water partition coefficient (Wildman–Crippen LogP) is 1.54. The van der Waals surface area contributed by atoms with Crippen molar-refractivity contribution in [2.24, 2.45) is 0 Å². The van der Waals surface area contributed by atoms with Crippen LogP contribution < -0.4 is 5.73 Å². The Morgan fingerprint density at radius 2 is 2.10 bits per heavy atom. The zero-order valence-electron chi connectivity index (χ0n) is 7.34. The summed E-state index contributed by atoms with van der Waals surface area (Å²) in [5.74, 6) is -0.377. The summed E-state index contributed by atoms with van der Waals surface area (Å²) in [6.07, 6.45) is 0. The molecule has 10 heavy (non-hydrogen) atoms. The number of thiol groups is 1. The number of nitrogen functional groups attached to an aromatic ring is 1. The number of hydrogen-bond donors (Lipinski definition) is 2. The molecule has 2 N–H and O–H groups in total. The molecule has 0 saturated carbocycles. The second-order valence-corrected chi connectivity index (χ2v) is 2.12. The van der Waals surface area contributed by atoms with Crippen molar-refractivity contribution in [1.82, 2.24) is 0 Å². The molecule has 0 spiro atoms. The van der Waals surface area contributed by atoms with Gasteiger partial charge in [0.15, 0.2) is 0 Å². The van der Waals surface area contributed by atoms with Crippen LogP contribution in [0.2, 0.25) is 0 Å². The van der Waals surface area contributed by atoms with Crippen molar-refractivity contribution in [2.75, 3.05) is 5.73 Å². The van der Waals surface area contributed by atoms with Crippen molar-refractivity contribution >= 4 is 56.1 Å². The van der Waals surface area contributed by atoms with Crippen LogP contribution in [0.1, 0.15) is 2.85 Å². The standard InChI is InChI=1S/C6H6FNS.Ca.2H/c7-4-2-1-3-5(8)6(4)9;;;/h1-3,9H,8H2;;;/q;+2;2*-1. The second-order valence-electron chi connectivity index (χ2n) is 1.68. The molecule has 1 aromatic carbocycles. The molecule has 0 aliphatic heterocycles. The Balaban J connectivity index is -0.000000270. The van der Waals surface area contributed by atoms with Crippen molar-refractivity contribution in [3.63, 3.8) is 0 Å². The molecular formula is C6H8CaFNS. The molecule has 1 aromatic rings. The normalized spacial score (nSPS) is 8.60. The van der Waals surface area contributed by atoms with Gasteiger partial charge in [-0.25, -0.2) is 4.39 Å². The molecule has 52 valence electrons. The molecule has 0 atom stereocenters. The van der Waals surface area contributed by atoms with Crippen LogP contribution in [-0.2, 0) is 0 Å². The zero-order valence-corrected chi connectivity index (χ0v) is 8.44. The molecule has 0 radical (unpaired) electrons. The minimum absolute atomic E-state index is 0. The summed E-state index contributed by atoms with van der Waals surface area (Å²) in [6, 6.07) is 4.47. The third-order valence-electron chi connectivity index (χ3n) is 1.02. The maximum absolute atomic E-state index is 12.4. The van der Waals surface area contributed by atoms with E-state index in [1.54, 1.807) is 12.1 Å². The SMILES string of the molecule is Nc1cccc(F)c1S.[Ca+2].[H-].[H-]. The third-order valence-corrected chi connectivity index (χ3v) is 1.49. The van der Waals surface area contributed by atoms with E-state index in [1.165, 1.54) is 6.07 Å². The van der Waals surface area contributed by atoms with Gasteiger partial charge in [-0.2, -0.15) is 0 Å². The van der Waals surface area contributed by atoms with Gasteiger partial charge in [-0.15, -0.1) is 12.6 Å². The van der Waals surface area contributed by atoms with Crippen molar-refractivity contribution in [3.8, 4) is 0 Å². The summed E-state index contributed by atoms with van der Waals surface area (Å²) in [5, 5.41) is 0. The fourth-order valence-corrected chi connectivity index (χ4v) is 0.681. The van der Waals surface area contributed by atoms with E-state index in [0.29, 0.717) is 5.69 Å². The maximum atomic E-state index is 12.4. The zero-order chi connectivity index (χ0) is 6.85. The molecule has 0 amide bonds. The Bertz CT molecular complexity index is 217. The summed E-state index contributed by atoms with van der Waals surface area (Å²) >= 11 is 3.81. The van der Waals surface area contributed by atoms with Crippen LogP contribution in [-0.4, -0.2) is 37.7 Å². The molecule has 0 aliphatic rings. The van der Waals surface area contributed by atoms with Gasteiger partial charge in [0.1, 0.15) is 5.82 Å². The largest absolute Gasteiger partial charge is 2.00 e. The first-order chi connectivity index (χ1) is 4.22. The number of nitrogens with two attached hydrogens (primary N) is 1. The van der Waals surface area contributed by atoms with E-state index in [0.717, 1.165) is 0 Å². The third kappa shape index (κ3) is 2.31. The van der Waals surface area contributed by atoms with Crippen LogP contribution in [0, 0.1) is 5.82 Å². The van der Waals surface area contributed by atoms with Crippen LogP contribution in [0.3, 0.4) is 0 Å². The summed E-state index contributed by atoms with van der Waals surface area (Å²) in [7, 11) is 0. The Labute approximate surface area is 97.2 Å². The molecule has 0 aliphatic carbocycles. The van der Waals surface area contributed by atoms with Gasteiger partial charge in [0.05, 0.1) is 4.90 Å². The predicted molar refractivity (Wildman–Crippen MR) is 46.0 cm³/mol. The number of halogens is 1. The van der Waals surface area contributed by atoms with Crippen LogP contribution >= 0.6 is 12.6 Å². The van der Waals surface area contributed by atoms with Gasteiger partial charge < -0.3 is 8.59 Å². The second kappa shape index (κ2) is 4.44. The van der Waals surface area contributed by atoms with E-state index in [9.17, 15) is 4.39 Å². The molecule has 4 heteroatoms. The van der Waals surface area contributed by atoms with E-state index in [1.807, 2.05) is 0 Å². The Kier molecular flexibility index (Phi) is 4.69. The molecule has 1 nitrogen and oxygen atoms in total. The number of rotatable bonds is 0. The van der Waals surface area contributed by atoms with Crippen molar-refractivity contribution in [2.45, 2.75) is 4.90 Å². The van der Waals surface area contributed by atoms with Gasteiger partial charge in [0, 0.05) is 5.69 Å². The molecule has 0 unspecified atom stereocenters. The summed E-state index contributed by atoms with van der Waals surface area (Å²) in [4.78, 5) is 0.220. The molecular weight excluding hydrogens is 177 g/mol. The monoisotopic (exact) mass is 185 g/mol. The minimum atomic E-state index is -0.377. The van der Waals surface area contributed by atoms with E-state index >= 15 is 0 Å². The fraction of sp³-hybridized carbons (Fsp3) is 0. The van der Waals surface area contributed by atoms with Crippen molar-refractivity contribution in [1.29, 1.82) is 0 Å². The van der Waals surface area contributed by atoms with Crippen LogP contribution in [0.5, 0.6) is 0 Å². The van der Waals surface area contributed by atoms with Crippen molar-refractivity contribution in [3.05, 3.63) is 24.0 Å². The number of anilines is 1. The van der Waals surface area contributed by atoms with Gasteiger partial charge in [0.25, 0.3) is 0 Å². The maximum Gasteiger partial charge on any atom is 2.00 e. The van der Waals surface area contributed by atoms with E-state index < -0.39 is 0 Å². The van der Waals surface area contributed by atoms with E-state index in [2.05, 4.69) is 12.6 Å². The quantitative estimate of drug-likeness (QED) is 0.358. The van der Waals surface area contributed by atoms with Gasteiger partial charge in [-0.1, -0.05) is 6.07 Å². The summed E-state index contributed by atoms with van der Waals surface area (Å²) in [6.45, 7) is 0. The Hall–Kier alpha value is 0.560. The first-order valence-electron chi connectivity index (χ1n) is 2.45. The van der Waals surface area contributed by atoms with Gasteiger partial charge in [-0.3, -0.25) is 0 Å². The number of benzene rings is 1. The topological polar surface area (TPSA) is 26.0 Å². The van der Waals surface area contributed by atoms with Gasteiger partial charge in [-0.05, 0) is 12.1 Å². The van der Waals surface area contributed by atoms with Crippen molar-refractivity contribution < 1.29 is 7.24 Å². The Morgan fingerprint density at radius 1 is 1.50 bits per heavy atom. The minimum Gasteiger partial charge on any atom is -1.00 e. The summed E-state index contributed by atoms with van der Waals surface area (Å²) < 4.78 is 12.4.